The van der Waals surface area contributed by atoms with Crippen molar-refractivity contribution < 1.29 is 4.42 Å². The average Bonchev–Trinajstić information content (AvgIpc) is 3.29. The molecule has 4 rings (SSSR count). The Morgan fingerprint density at radius 3 is 2.88 bits per heavy atom. The summed E-state index contributed by atoms with van der Waals surface area (Å²) in [5.74, 6) is 1.15. The van der Waals surface area contributed by atoms with E-state index in [9.17, 15) is 0 Å². The van der Waals surface area contributed by atoms with Crippen LogP contribution in [0.15, 0.2) is 52.2 Å². The van der Waals surface area contributed by atoms with Crippen LogP contribution in [-0.2, 0) is 7.05 Å². The Hall–Kier alpha value is -2.93. The fraction of sp³-hybridized carbons (Fsp3) is 0.118. The highest BCUT2D eigenvalue weighted by molar-refractivity contribution is 7.71. The molecule has 0 atom stereocenters. The first-order valence-electron chi connectivity index (χ1n) is 7.46. The predicted molar refractivity (Wildman–Crippen MR) is 95.8 cm³/mol. The van der Waals surface area contributed by atoms with Crippen molar-refractivity contribution in [1.82, 2.24) is 19.4 Å². The summed E-state index contributed by atoms with van der Waals surface area (Å²) < 4.78 is 9.52. The van der Waals surface area contributed by atoms with Crippen LogP contribution in [0, 0.1) is 11.7 Å². The van der Waals surface area contributed by atoms with Gasteiger partial charge in [0.15, 0.2) is 5.76 Å². The molecule has 0 aliphatic heterocycles. The topological polar surface area (TPSA) is 64.0 Å². The lowest BCUT2D eigenvalue weighted by molar-refractivity contribution is 0.573. The molecular formula is C17H15N5OS. The fourth-order valence-electron chi connectivity index (χ4n) is 2.79. The van der Waals surface area contributed by atoms with Gasteiger partial charge in [0, 0.05) is 29.2 Å². The van der Waals surface area contributed by atoms with Crippen molar-refractivity contribution in [2.45, 2.75) is 6.92 Å². The van der Waals surface area contributed by atoms with E-state index in [1.807, 2.05) is 31.5 Å². The van der Waals surface area contributed by atoms with E-state index in [4.69, 9.17) is 16.6 Å². The first-order chi connectivity index (χ1) is 11.7. The standard InChI is InChI=1S/C17H15N5OS/c1-11-13(12-6-3-4-7-14(12)21(11)2)10-18-22-16(19-20-17(22)24)15-8-5-9-23-15/h3-10H,1-2H3,(H,20,24)/b18-10-. The van der Waals surface area contributed by atoms with Crippen molar-refractivity contribution in [3.05, 3.63) is 58.7 Å². The summed E-state index contributed by atoms with van der Waals surface area (Å²) in [5.41, 5.74) is 3.36. The second kappa shape index (κ2) is 5.61. The third kappa shape index (κ3) is 2.21. The van der Waals surface area contributed by atoms with Crippen molar-refractivity contribution in [1.29, 1.82) is 0 Å². The molecule has 0 fully saturated rings. The second-order valence-electron chi connectivity index (χ2n) is 5.46. The molecule has 24 heavy (non-hydrogen) atoms. The van der Waals surface area contributed by atoms with Gasteiger partial charge in [-0.1, -0.05) is 18.2 Å². The molecule has 0 spiro atoms. The number of benzene rings is 1. The molecule has 3 aromatic heterocycles. The SMILES string of the molecule is Cc1c(/C=N\n2c(-c3ccco3)n[nH]c2=S)c2ccccc2n1C. The zero-order valence-corrected chi connectivity index (χ0v) is 14.0. The van der Waals surface area contributed by atoms with Gasteiger partial charge in [0.05, 0.1) is 12.5 Å². The summed E-state index contributed by atoms with van der Waals surface area (Å²) in [5, 5.41) is 12.6. The average molecular weight is 337 g/mol. The van der Waals surface area contributed by atoms with Gasteiger partial charge in [0.1, 0.15) is 0 Å². The van der Waals surface area contributed by atoms with E-state index < -0.39 is 0 Å². The van der Waals surface area contributed by atoms with Crippen LogP contribution in [0.2, 0.25) is 0 Å². The predicted octanol–water partition coefficient (Wildman–Crippen LogP) is 3.88. The molecular weight excluding hydrogens is 322 g/mol. The van der Waals surface area contributed by atoms with Crippen LogP contribution in [0.5, 0.6) is 0 Å². The van der Waals surface area contributed by atoms with Crippen LogP contribution in [-0.4, -0.2) is 25.7 Å². The van der Waals surface area contributed by atoms with Crippen LogP contribution in [0.3, 0.4) is 0 Å². The lowest BCUT2D eigenvalue weighted by Gasteiger charge is -1.99. The van der Waals surface area contributed by atoms with E-state index in [-0.39, 0.29) is 0 Å². The van der Waals surface area contributed by atoms with Gasteiger partial charge in [0.25, 0.3) is 0 Å². The number of aryl methyl sites for hydroxylation is 1. The lowest BCUT2D eigenvalue weighted by atomic mass is 10.1. The Balaban J connectivity index is 1.85. The quantitative estimate of drug-likeness (QED) is 0.456. The van der Waals surface area contributed by atoms with E-state index in [1.165, 1.54) is 5.52 Å². The van der Waals surface area contributed by atoms with Crippen molar-refractivity contribution in [3.8, 4) is 11.6 Å². The molecule has 4 aromatic rings. The number of H-pyrrole nitrogens is 1. The van der Waals surface area contributed by atoms with E-state index in [2.05, 4.69) is 38.9 Å². The molecule has 0 amide bonds. The molecule has 0 saturated heterocycles. The zero-order valence-electron chi connectivity index (χ0n) is 13.2. The molecule has 1 aromatic carbocycles. The van der Waals surface area contributed by atoms with Crippen molar-refractivity contribution in [2.24, 2.45) is 12.1 Å². The summed E-state index contributed by atoms with van der Waals surface area (Å²) >= 11 is 5.28. The monoisotopic (exact) mass is 337 g/mol. The van der Waals surface area contributed by atoms with Gasteiger partial charge in [-0.25, -0.2) is 5.10 Å². The Bertz CT molecular complexity index is 1100. The van der Waals surface area contributed by atoms with E-state index in [1.54, 1.807) is 17.0 Å². The number of nitrogens with one attached hydrogen (secondary N) is 1. The normalized spacial score (nSPS) is 11.8. The van der Waals surface area contributed by atoms with Gasteiger partial charge < -0.3 is 8.98 Å². The van der Waals surface area contributed by atoms with E-state index in [0.29, 0.717) is 16.4 Å². The molecule has 0 unspecified atom stereocenters. The highest BCUT2D eigenvalue weighted by Crippen LogP contribution is 2.23. The van der Waals surface area contributed by atoms with Crippen molar-refractivity contribution >= 4 is 29.3 Å². The van der Waals surface area contributed by atoms with Gasteiger partial charge >= 0.3 is 0 Å². The lowest BCUT2D eigenvalue weighted by Crippen LogP contribution is -1.96. The largest absolute Gasteiger partial charge is 0.461 e. The van der Waals surface area contributed by atoms with Gasteiger partial charge in [-0.3, -0.25) is 0 Å². The molecule has 3 heterocycles. The van der Waals surface area contributed by atoms with Crippen LogP contribution in [0.1, 0.15) is 11.3 Å². The number of hydrogen-bond acceptors (Lipinski definition) is 4. The van der Waals surface area contributed by atoms with Gasteiger partial charge in [-0.15, -0.1) is 5.10 Å². The van der Waals surface area contributed by atoms with E-state index >= 15 is 0 Å². The summed E-state index contributed by atoms with van der Waals surface area (Å²) in [4.78, 5) is 0. The van der Waals surface area contributed by atoms with Crippen molar-refractivity contribution in [3.63, 3.8) is 0 Å². The molecule has 0 aliphatic rings. The number of hydrogen-bond donors (Lipinski definition) is 1. The first-order valence-corrected chi connectivity index (χ1v) is 7.87. The fourth-order valence-corrected chi connectivity index (χ4v) is 2.97. The number of fused-ring (bicyclic) bond motifs is 1. The molecule has 0 bridgehead atoms. The third-order valence-electron chi connectivity index (χ3n) is 4.14. The number of aromatic amines is 1. The molecule has 0 radical (unpaired) electrons. The molecule has 1 N–H and O–H groups in total. The molecule has 0 saturated carbocycles. The maximum absolute atomic E-state index is 5.40. The minimum absolute atomic E-state index is 0.413. The van der Waals surface area contributed by atoms with Gasteiger partial charge in [-0.2, -0.15) is 9.78 Å². The Morgan fingerprint density at radius 2 is 2.08 bits per heavy atom. The highest BCUT2D eigenvalue weighted by Gasteiger charge is 2.12. The number of nitrogens with zero attached hydrogens (tertiary/aromatic N) is 4. The summed E-state index contributed by atoms with van der Waals surface area (Å²) in [6.45, 7) is 2.07. The molecule has 0 aliphatic carbocycles. The van der Waals surface area contributed by atoms with E-state index in [0.717, 1.165) is 16.6 Å². The number of rotatable bonds is 3. The minimum Gasteiger partial charge on any atom is -0.461 e. The first kappa shape index (κ1) is 14.6. The van der Waals surface area contributed by atoms with Crippen LogP contribution in [0.25, 0.3) is 22.5 Å². The van der Waals surface area contributed by atoms with Crippen molar-refractivity contribution in [2.75, 3.05) is 0 Å². The Morgan fingerprint density at radius 1 is 1.25 bits per heavy atom. The molecule has 6 nitrogen and oxygen atoms in total. The van der Waals surface area contributed by atoms with Crippen LogP contribution < -0.4 is 0 Å². The number of furan rings is 1. The summed E-state index contributed by atoms with van der Waals surface area (Å²) in [6.07, 6.45) is 3.41. The molecule has 120 valence electrons. The summed E-state index contributed by atoms with van der Waals surface area (Å²) in [6, 6.07) is 11.9. The number of aromatic nitrogens is 4. The third-order valence-corrected chi connectivity index (χ3v) is 4.41. The smallest absolute Gasteiger partial charge is 0.219 e. The zero-order chi connectivity index (χ0) is 16.7. The Kier molecular flexibility index (Phi) is 3.42. The number of para-hydroxylation sites is 1. The van der Waals surface area contributed by atoms with Crippen LogP contribution >= 0.6 is 12.2 Å². The molecule has 7 heteroatoms. The van der Waals surface area contributed by atoms with Gasteiger partial charge in [0.2, 0.25) is 10.6 Å². The van der Waals surface area contributed by atoms with Gasteiger partial charge in [-0.05, 0) is 37.3 Å². The minimum atomic E-state index is 0.413. The maximum atomic E-state index is 5.40. The summed E-state index contributed by atoms with van der Waals surface area (Å²) in [7, 11) is 2.05. The second-order valence-corrected chi connectivity index (χ2v) is 5.85. The maximum Gasteiger partial charge on any atom is 0.219 e. The Labute approximate surface area is 143 Å². The highest BCUT2D eigenvalue weighted by atomic mass is 32.1. The van der Waals surface area contributed by atoms with Crippen LogP contribution in [0.4, 0.5) is 0 Å².